The van der Waals surface area contributed by atoms with Crippen LogP contribution in [-0.4, -0.2) is 71.5 Å². The SMILES string of the molecule is CCOC(=O)N1CCN(C(=O)Cn2nc(-c3ccccc3OC)ccc2=O)CC1. The molecule has 1 aliphatic heterocycles. The van der Waals surface area contributed by atoms with Crippen molar-refractivity contribution in [3.8, 4) is 17.0 Å². The van der Waals surface area contributed by atoms with Crippen LogP contribution in [0.2, 0.25) is 0 Å². The minimum Gasteiger partial charge on any atom is -0.496 e. The number of hydrogen-bond acceptors (Lipinski definition) is 6. The molecule has 1 aliphatic rings. The Balaban J connectivity index is 1.70. The second-order valence-electron chi connectivity index (χ2n) is 6.48. The Hall–Kier alpha value is -3.36. The summed E-state index contributed by atoms with van der Waals surface area (Å²) in [6, 6.07) is 10.3. The first-order chi connectivity index (χ1) is 14.0. The zero-order valence-electron chi connectivity index (χ0n) is 16.5. The van der Waals surface area contributed by atoms with E-state index in [1.165, 1.54) is 6.07 Å². The number of ether oxygens (including phenoxy) is 2. The monoisotopic (exact) mass is 400 g/mol. The molecule has 1 aromatic heterocycles. The molecule has 0 bridgehead atoms. The maximum Gasteiger partial charge on any atom is 0.409 e. The van der Waals surface area contributed by atoms with Crippen LogP contribution in [0.5, 0.6) is 5.75 Å². The average Bonchev–Trinajstić information content (AvgIpc) is 2.75. The summed E-state index contributed by atoms with van der Waals surface area (Å²) in [7, 11) is 1.56. The van der Waals surface area contributed by atoms with E-state index in [0.717, 1.165) is 10.2 Å². The summed E-state index contributed by atoms with van der Waals surface area (Å²) in [6.07, 6.45) is -0.373. The molecule has 0 aliphatic carbocycles. The lowest BCUT2D eigenvalue weighted by Gasteiger charge is -2.34. The van der Waals surface area contributed by atoms with E-state index < -0.39 is 0 Å². The summed E-state index contributed by atoms with van der Waals surface area (Å²) < 4.78 is 11.5. The molecule has 2 heterocycles. The Kier molecular flexibility index (Phi) is 6.48. The summed E-state index contributed by atoms with van der Waals surface area (Å²) >= 11 is 0. The quantitative estimate of drug-likeness (QED) is 0.749. The minimum absolute atomic E-state index is 0.165. The van der Waals surface area contributed by atoms with Crippen LogP contribution >= 0.6 is 0 Å². The van der Waals surface area contributed by atoms with Gasteiger partial charge < -0.3 is 19.3 Å². The Labute approximate surface area is 168 Å². The number of nitrogens with zero attached hydrogens (tertiary/aromatic N) is 4. The number of hydrogen-bond donors (Lipinski definition) is 0. The number of methoxy groups -OCH3 is 1. The molecule has 3 rings (SSSR count). The van der Waals surface area contributed by atoms with Gasteiger partial charge in [0.25, 0.3) is 5.56 Å². The second kappa shape index (κ2) is 9.22. The van der Waals surface area contributed by atoms with Gasteiger partial charge in [0.2, 0.25) is 5.91 Å². The van der Waals surface area contributed by atoms with Gasteiger partial charge in [-0.1, -0.05) is 12.1 Å². The molecule has 154 valence electrons. The summed E-state index contributed by atoms with van der Waals surface area (Å²) in [5, 5.41) is 4.35. The summed E-state index contributed by atoms with van der Waals surface area (Å²) in [5.74, 6) is 0.409. The average molecular weight is 400 g/mol. The van der Waals surface area contributed by atoms with Gasteiger partial charge in [0.1, 0.15) is 12.3 Å². The number of aromatic nitrogens is 2. The number of amides is 2. The first-order valence-corrected chi connectivity index (χ1v) is 9.44. The molecule has 0 unspecified atom stereocenters. The van der Waals surface area contributed by atoms with Gasteiger partial charge >= 0.3 is 6.09 Å². The number of carbonyl (C=O) groups is 2. The standard InChI is InChI=1S/C20H24N4O5/c1-3-29-20(27)23-12-10-22(11-13-23)19(26)14-24-18(25)9-8-16(21-24)15-6-4-5-7-17(15)28-2/h4-9H,3,10-14H2,1-2H3. The van der Waals surface area contributed by atoms with Crippen molar-refractivity contribution >= 4 is 12.0 Å². The molecule has 1 fully saturated rings. The molecule has 1 aromatic carbocycles. The lowest BCUT2D eigenvalue weighted by atomic mass is 10.1. The smallest absolute Gasteiger partial charge is 0.409 e. The topological polar surface area (TPSA) is 94.0 Å². The van der Waals surface area contributed by atoms with Crippen molar-refractivity contribution in [2.45, 2.75) is 13.5 Å². The van der Waals surface area contributed by atoms with Gasteiger partial charge in [-0.15, -0.1) is 0 Å². The second-order valence-corrected chi connectivity index (χ2v) is 6.48. The van der Waals surface area contributed by atoms with Crippen molar-refractivity contribution in [3.63, 3.8) is 0 Å². The predicted octanol–water partition coefficient (Wildman–Crippen LogP) is 1.22. The van der Waals surface area contributed by atoms with Crippen molar-refractivity contribution in [1.29, 1.82) is 0 Å². The molecule has 1 saturated heterocycles. The molecule has 0 saturated carbocycles. The lowest BCUT2D eigenvalue weighted by Crippen LogP contribution is -2.51. The van der Waals surface area contributed by atoms with E-state index >= 15 is 0 Å². The van der Waals surface area contributed by atoms with E-state index in [9.17, 15) is 14.4 Å². The van der Waals surface area contributed by atoms with Crippen LogP contribution in [0.25, 0.3) is 11.3 Å². The van der Waals surface area contributed by atoms with Crippen LogP contribution < -0.4 is 10.3 Å². The highest BCUT2D eigenvalue weighted by molar-refractivity contribution is 5.76. The summed E-state index contributed by atoms with van der Waals surface area (Å²) in [4.78, 5) is 39.8. The maximum atomic E-state index is 12.7. The minimum atomic E-state index is -0.373. The molecular weight excluding hydrogens is 376 g/mol. The predicted molar refractivity (Wildman–Crippen MR) is 106 cm³/mol. The number of carbonyl (C=O) groups excluding carboxylic acids is 2. The van der Waals surface area contributed by atoms with Crippen molar-refractivity contribution < 1.29 is 19.1 Å². The van der Waals surface area contributed by atoms with Gasteiger partial charge in [-0.3, -0.25) is 9.59 Å². The fourth-order valence-electron chi connectivity index (χ4n) is 3.14. The van der Waals surface area contributed by atoms with Crippen molar-refractivity contribution in [1.82, 2.24) is 19.6 Å². The Morgan fingerprint density at radius 3 is 2.41 bits per heavy atom. The van der Waals surface area contributed by atoms with Gasteiger partial charge in [-0.25, -0.2) is 9.48 Å². The molecular formula is C20H24N4O5. The number of piperazine rings is 1. The van der Waals surface area contributed by atoms with Gasteiger partial charge in [-0.05, 0) is 25.1 Å². The Morgan fingerprint density at radius 1 is 1.03 bits per heavy atom. The van der Waals surface area contributed by atoms with Crippen molar-refractivity contribution in [2.24, 2.45) is 0 Å². The maximum absolute atomic E-state index is 12.7. The highest BCUT2D eigenvalue weighted by Crippen LogP contribution is 2.27. The van der Waals surface area contributed by atoms with E-state index in [1.54, 1.807) is 36.0 Å². The molecule has 0 N–H and O–H groups in total. The molecule has 9 nitrogen and oxygen atoms in total. The molecule has 2 amide bonds. The van der Waals surface area contributed by atoms with E-state index in [2.05, 4.69) is 5.10 Å². The number of benzene rings is 1. The summed E-state index contributed by atoms with van der Waals surface area (Å²) in [5.41, 5.74) is 0.920. The first-order valence-electron chi connectivity index (χ1n) is 9.44. The van der Waals surface area contributed by atoms with E-state index in [-0.39, 0.29) is 24.1 Å². The lowest BCUT2D eigenvalue weighted by molar-refractivity contribution is -0.133. The number of rotatable bonds is 5. The largest absolute Gasteiger partial charge is 0.496 e. The normalized spacial score (nSPS) is 13.9. The molecule has 9 heteroatoms. The summed E-state index contributed by atoms with van der Waals surface area (Å²) in [6.45, 7) is 3.47. The molecule has 0 radical (unpaired) electrons. The molecule has 0 spiro atoms. The fraction of sp³-hybridized carbons (Fsp3) is 0.400. The van der Waals surface area contributed by atoms with Crippen molar-refractivity contribution in [2.75, 3.05) is 39.9 Å². The molecule has 2 aromatic rings. The van der Waals surface area contributed by atoms with Crippen LogP contribution in [0, 0.1) is 0 Å². The van der Waals surface area contributed by atoms with Crippen LogP contribution in [0.15, 0.2) is 41.2 Å². The number of para-hydroxylation sites is 1. The van der Waals surface area contributed by atoms with E-state index in [1.807, 2.05) is 18.2 Å². The molecule has 0 atom stereocenters. The van der Waals surface area contributed by atoms with E-state index in [0.29, 0.717) is 44.2 Å². The van der Waals surface area contributed by atoms with Crippen molar-refractivity contribution in [3.05, 3.63) is 46.8 Å². The van der Waals surface area contributed by atoms with Crippen LogP contribution in [0.4, 0.5) is 4.79 Å². The highest BCUT2D eigenvalue weighted by atomic mass is 16.6. The van der Waals surface area contributed by atoms with Gasteiger partial charge in [0, 0.05) is 37.8 Å². The zero-order valence-corrected chi connectivity index (χ0v) is 16.5. The Bertz CT molecular complexity index is 934. The third-order valence-corrected chi connectivity index (χ3v) is 4.69. The zero-order chi connectivity index (χ0) is 20.8. The molecule has 29 heavy (non-hydrogen) atoms. The van der Waals surface area contributed by atoms with Gasteiger partial charge in [0.05, 0.1) is 19.4 Å². The Morgan fingerprint density at radius 2 is 1.72 bits per heavy atom. The van der Waals surface area contributed by atoms with Gasteiger partial charge in [0.15, 0.2) is 0 Å². The third kappa shape index (κ3) is 4.74. The first kappa shape index (κ1) is 20.4. The van der Waals surface area contributed by atoms with Crippen LogP contribution in [0.3, 0.4) is 0 Å². The highest BCUT2D eigenvalue weighted by Gasteiger charge is 2.25. The van der Waals surface area contributed by atoms with Crippen LogP contribution in [-0.2, 0) is 16.1 Å². The van der Waals surface area contributed by atoms with Gasteiger partial charge in [-0.2, -0.15) is 5.10 Å². The third-order valence-electron chi connectivity index (χ3n) is 4.69. The van der Waals surface area contributed by atoms with Crippen LogP contribution in [0.1, 0.15) is 6.92 Å². The fourth-order valence-corrected chi connectivity index (χ4v) is 3.14. The van der Waals surface area contributed by atoms with E-state index in [4.69, 9.17) is 9.47 Å².